The highest BCUT2D eigenvalue weighted by atomic mass is 16.3. The Bertz CT molecular complexity index is 441. The van der Waals surface area contributed by atoms with E-state index in [1.807, 2.05) is 36.4 Å². The van der Waals surface area contributed by atoms with Crippen molar-refractivity contribution in [3.8, 4) is 0 Å². The molecule has 2 aromatic rings. The summed E-state index contributed by atoms with van der Waals surface area (Å²) >= 11 is 0. The molecule has 0 unspecified atom stereocenters. The van der Waals surface area contributed by atoms with Crippen molar-refractivity contribution in [1.29, 1.82) is 0 Å². The zero-order chi connectivity index (χ0) is 14.2. The van der Waals surface area contributed by atoms with Gasteiger partial charge in [0.1, 0.15) is 19.1 Å². The lowest BCUT2D eigenvalue weighted by Crippen LogP contribution is -3.14. The van der Waals surface area contributed by atoms with Crippen molar-refractivity contribution in [1.82, 2.24) is 0 Å². The number of nitrogens with one attached hydrogen (secondary N) is 1. The Balaban J connectivity index is 2.12. The molecule has 0 saturated heterocycles. The third-order valence-electron chi connectivity index (χ3n) is 3.57. The van der Waals surface area contributed by atoms with Gasteiger partial charge in [-0.3, -0.25) is 0 Å². The first-order chi connectivity index (χ1) is 9.83. The lowest BCUT2D eigenvalue weighted by molar-refractivity contribution is -0.953. The molecule has 3 heteroatoms. The van der Waals surface area contributed by atoms with E-state index >= 15 is 0 Å². The van der Waals surface area contributed by atoms with Gasteiger partial charge in [-0.1, -0.05) is 60.7 Å². The number of aliphatic hydroxyl groups is 2. The van der Waals surface area contributed by atoms with E-state index in [1.54, 1.807) is 0 Å². The second-order valence-corrected chi connectivity index (χ2v) is 5.05. The lowest BCUT2D eigenvalue weighted by Gasteiger charge is -2.26. The van der Waals surface area contributed by atoms with Crippen LogP contribution in [-0.2, 0) is 13.1 Å². The van der Waals surface area contributed by atoms with Crippen LogP contribution in [0, 0.1) is 0 Å². The Morgan fingerprint density at radius 2 is 1.10 bits per heavy atom. The third-order valence-corrected chi connectivity index (χ3v) is 3.57. The van der Waals surface area contributed by atoms with Crippen LogP contribution in [0.5, 0.6) is 0 Å². The molecule has 0 amide bonds. The predicted molar refractivity (Wildman–Crippen MR) is 79.2 cm³/mol. The van der Waals surface area contributed by atoms with Crippen LogP contribution in [0.4, 0.5) is 0 Å². The van der Waals surface area contributed by atoms with Crippen molar-refractivity contribution in [2.24, 2.45) is 0 Å². The van der Waals surface area contributed by atoms with Crippen molar-refractivity contribution in [2.45, 2.75) is 19.1 Å². The highest BCUT2D eigenvalue weighted by Gasteiger charge is 2.21. The maximum Gasteiger partial charge on any atom is 0.135 e. The Kier molecular flexibility index (Phi) is 5.74. The minimum atomic E-state index is -0.157. The number of quaternary nitrogens is 1. The van der Waals surface area contributed by atoms with E-state index in [2.05, 4.69) is 24.3 Å². The van der Waals surface area contributed by atoms with E-state index < -0.39 is 0 Å². The molecule has 0 fully saturated rings. The highest BCUT2D eigenvalue weighted by molar-refractivity contribution is 5.15. The number of hydrogen-bond acceptors (Lipinski definition) is 2. The average Bonchev–Trinajstić information content (AvgIpc) is 2.50. The highest BCUT2D eigenvalue weighted by Crippen LogP contribution is 1.99. The fourth-order valence-electron chi connectivity index (χ4n) is 2.38. The van der Waals surface area contributed by atoms with Crippen LogP contribution in [0.15, 0.2) is 60.7 Å². The zero-order valence-corrected chi connectivity index (χ0v) is 11.6. The first-order valence-corrected chi connectivity index (χ1v) is 6.97. The Morgan fingerprint density at radius 1 is 0.700 bits per heavy atom. The summed E-state index contributed by atoms with van der Waals surface area (Å²) in [6.07, 6.45) is 0. The van der Waals surface area contributed by atoms with Gasteiger partial charge in [0.2, 0.25) is 0 Å². The molecule has 0 spiro atoms. The van der Waals surface area contributed by atoms with Gasteiger partial charge in [0.15, 0.2) is 0 Å². The van der Waals surface area contributed by atoms with E-state index in [0.717, 1.165) is 13.1 Å². The quantitative estimate of drug-likeness (QED) is 0.692. The molecule has 106 valence electrons. The van der Waals surface area contributed by atoms with Gasteiger partial charge in [-0.15, -0.1) is 0 Å². The SMILES string of the molecule is OCC(CO)[NH+](Cc1ccccc1)Cc1ccccc1. The first kappa shape index (κ1) is 14.7. The van der Waals surface area contributed by atoms with Gasteiger partial charge in [-0.2, -0.15) is 0 Å². The number of hydrogen-bond donors (Lipinski definition) is 3. The van der Waals surface area contributed by atoms with Crippen LogP contribution in [-0.4, -0.2) is 29.5 Å². The fraction of sp³-hybridized carbons (Fsp3) is 0.294. The molecule has 0 aliphatic carbocycles. The van der Waals surface area contributed by atoms with Crippen molar-refractivity contribution in [3.05, 3.63) is 71.8 Å². The third kappa shape index (κ3) is 4.17. The molecule has 0 radical (unpaired) electrons. The minimum absolute atomic E-state index is 0.00843. The van der Waals surface area contributed by atoms with Crippen molar-refractivity contribution in [2.75, 3.05) is 13.2 Å². The van der Waals surface area contributed by atoms with Crippen LogP contribution < -0.4 is 4.90 Å². The molecule has 3 N–H and O–H groups in total. The molecule has 20 heavy (non-hydrogen) atoms. The predicted octanol–water partition coefficient (Wildman–Crippen LogP) is 0.625. The fourth-order valence-corrected chi connectivity index (χ4v) is 2.38. The molecule has 0 aromatic heterocycles. The zero-order valence-electron chi connectivity index (χ0n) is 11.6. The van der Waals surface area contributed by atoms with Gasteiger partial charge < -0.3 is 15.1 Å². The Morgan fingerprint density at radius 3 is 1.45 bits per heavy atom. The summed E-state index contributed by atoms with van der Waals surface area (Å²) in [6.45, 7) is 1.57. The monoisotopic (exact) mass is 272 g/mol. The second kappa shape index (κ2) is 7.80. The molecule has 3 nitrogen and oxygen atoms in total. The first-order valence-electron chi connectivity index (χ1n) is 6.97. The van der Waals surface area contributed by atoms with Crippen molar-refractivity contribution >= 4 is 0 Å². The topological polar surface area (TPSA) is 44.9 Å². The van der Waals surface area contributed by atoms with Crippen molar-refractivity contribution < 1.29 is 15.1 Å². The van der Waals surface area contributed by atoms with Gasteiger partial charge in [-0.25, -0.2) is 0 Å². The Hall–Kier alpha value is -1.68. The maximum atomic E-state index is 9.47. The van der Waals surface area contributed by atoms with E-state index in [1.165, 1.54) is 16.0 Å². The van der Waals surface area contributed by atoms with Gasteiger partial charge in [0.25, 0.3) is 0 Å². The molecular weight excluding hydrogens is 250 g/mol. The van der Waals surface area contributed by atoms with Gasteiger partial charge in [0, 0.05) is 11.1 Å². The summed E-state index contributed by atoms with van der Waals surface area (Å²) in [5.41, 5.74) is 2.43. The van der Waals surface area contributed by atoms with E-state index in [9.17, 15) is 10.2 Å². The summed E-state index contributed by atoms with van der Waals surface area (Å²) in [4.78, 5) is 1.17. The molecule has 0 heterocycles. The smallest absolute Gasteiger partial charge is 0.135 e. The van der Waals surface area contributed by atoms with Gasteiger partial charge in [-0.05, 0) is 0 Å². The number of rotatable bonds is 7. The van der Waals surface area contributed by atoms with Crippen LogP contribution >= 0.6 is 0 Å². The Labute approximate surface area is 120 Å². The number of aliphatic hydroxyl groups excluding tert-OH is 2. The standard InChI is InChI=1S/C17H21NO2/c19-13-17(14-20)18(11-15-7-3-1-4-8-15)12-16-9-5-2-6-10-16/h1-10,17,19-20H,11-14H2/p+1. The summed E-state index contributed by atoms with van der Waals surface area (Å²) in [6, 6.07) is 20.2. The molecular formula is C17H22NO2+. The molecule has 2 aromatic carbocycles. The summed E-state index contributed by atoms with van der Waals surface area (Å²) in [5.74, 6) is 0. The molecule has 0 saturated carbocycles. The molecule has 0 bridgehead atoms. The minimum Gasteiger partial charge on any atom is -0.390 e. The second-order valence-electron chi connectivity index (χ2n) is 5.05. The number of benzene rings is 2. The van der Waals surface area contributed by atoms with E-state index in [4.69, 9.17) is 0 Å². The van der Waals surface area contributed by atoms with E-state index in [0.29, 0.717) is 0 Å². The van der Waals surface area contributed by atoms with Crippen molar-refractivity contribution in [3.63, 3.8) is 0 Å². The maximum absolute atomic E-state index is 9.47. The lowest BCUT2D eigenvalue weighted by atomic mass is 10.1. The van der Waals surface area contributed by atoms with Crippen LogP contribution in [0.3, 0.4) is 0 Å². The van der Waals surface area contributed by atoms with Crippen LogP contribution in [0.2, 0.25) is 0 Å². The largest absolute Gasteiger partial charge is 0.390 e. The summed E-state index contributed by atoms with van der Waals surface area (Å²) in [5, 5.41) is 18.9. The normalized spacial score (nSPS) is 11.2. The summed E-state index contributed by atoms with van der Waals surface area (Å²) < 4.78 is 0. The van der Waals surface area contributed by atoms with Gasteiger partial charge in [0.05, 0.1) is 13.2 Å². The summed E-state index contributed by atoms with van der Waals surface area (Å²) in [7, 11) is 0. The average molecular weight is 272 g/mol. The molecule has 0 atom stereocenters. The van der Waals surface area contributed by atoms with Crippen LogP contribution in [0.25, 0.3) is 0 Å². The van der Waals surface area contributed by atoms with E-state index in [-0.39, 0.29) is 19.3 Å². The van der Waals surface area contributed by atoms with Gasteiger partial charge >= 0.3 is 0 Å². The molecule has 0 aliphatic heterocycles. The molecule has 0 aliphatic rings. The van der Waals surface area contributed by atoms with Crippen LogP contribution in [0.1, 0.15) is 11.1 Å². The molecule has 2 rings (SSSR count).